The van der Waals surface area contributed by atoms with Crippen LogP contribution in [0.15, 0.2) is 122 Å². The summed E-state index contributed by atoms with van der Waals surface area (Å²) in [7, 11) is 0. The average molecular weight is 1120 g/mol. The van der Waals surface area contributed by atoms with Gasteiger partial charge in [0.1, 0.15) is 13.2 Å². The van der Waals surface area contributed by atoms with E-state index < -0.39 is 6.10 Å². The van der Waals surface area contributed by atoms with Crippen molar-refractivity contribution >= 4 is 17.9 Å². The predicted octanol–water partition coefficient (Wildman–Crippen LogP) is 23.6. The molecule has 0 heterocycles. The Morgan fingerprint density at radius 3 is 0.840 bits per heavy atom. The van der Waals surface area contributed by atoms with Crippen LogP contribution in [0.4, 0.5) is 0 Å². The van der Waals surface area contributed by atoms with Crippen LogP contribution < -0.4 is 0 Å². The summed E-state index contributed by atoms with van der Waals surface area (Å²) in [5.41, 5.74) is 0. The topological polar surface area (TPSA) is 78.9 Å². The maximum Gasteiger partial charge on any atom is 0.306 e. The van der Waals surface area contributed by atoms with E-state index in [2.05, 4.69) is 142 Å². The summed E-state index contributed by atoms with van der Waals surface area (Å²) in [5, 5.41) is 0. The van der Waals surface area contributed by atoms with E-state index in [1.807, 2.05) is 0 Å². The third kappa shape index (κ3) is 66.5. The van der Waals surface area contributed by atoms with Crippen LogP contribution in [0, 0.1) is 0 Å². The highest BCUT2D eigenvalue weighted by Crippen LogP contribution is 2.16. The second-order valence-corrected chi connectivity index (χ2v) is 22.3. The van der Waals surface area contributed by atoms with Crippen LogP contribution >= 0.6 is 0 Å². The molecule has 0 amide bonds. The predicted molar refractivity (Wildman–Crippen MR) is 353 cm³/mol. The maximum absolute atomic E-state index is 13.0. The number of unbranched alkanes of at least 4 members (excludes halogenated alkanes) is 30. The van der Waals surface area contributed by atoms with Gasteiger partial charge in [-0.05, 0) is 128 Å². The van der Waals surface area contributed by atoms with Gasteiger partial charge < -0.3 is 14.2 Å². The Morgan fingerprint density at radius 1 is 0.259 bits per heavy atom. The molecule has 0 radical (unpaired) electrons. The first-order valence-corrected chi connectivity index (χ1v) is 34.0. The van der Waals surface area contributed by atoms with E-state index in [0.717, 1.165) is 103 Å². The Bertz CT molecular complexity index is 1670. The second kappa shape index (κ2) is 68.3. The molecule has 81 heavy (non-hydrogen) atoms. The zero-order chi connectivity index (χ0) is 58.5. The Hall–Kier alpha value is -4.19. The lowest BCUT2D eigenvalue weighted by atomic mass is 10.0. The number of rotatable bonds is 61. The minimum absolute atomic E-state index is 0.102. The summed E-state index contributed by atoms with van der Waals surface area (Å²) in [6.45, 7) is 6.47. The first-order chi connectivity index (χ1) is 40.0. The van der Waals surface area contributed by atoms with Crippen molar-refractivity contribution in [2.75, 3.05) is 13.2 Å². The van der Waals surface area contributed by atoms with Gasteiger partial charge >= 0.3 is 17.9 Å². The van der Waals surface area contributed by atoms with Crippen molar-refractivity contribution in [3.05, 3.63) is 122 Å². The molecule has 0 saturated heterocycles. The van der Waals surface area contributed by atoms with Crippen molar-refractivity contribution in [1.82, 2.24) is 0 Å². The fraction of sp³-hybridized carbons (Fsp3) is 0.693. The summed E-state index contributed by atoms with van der Waals surface area (Å²) in [4.78, 5) is 38.4. The molecule has 0 rings (SSSR count). The molecular formula is C75H126O6. The molecule has 6 nitrogen and oxygen atoms in total. The SMILES string of the molecule is CC/C=C\C/C=C\C/C=C\C/C=C\C/C=C\C/C=C\C/C=C\CCCC(=O)OCC(COC(=O)CCCCCCCCC/C=C\C/C=C\CCCCC)OC(=O)CCCCCCCCCCCCC/C=C\CCCCCCCCCC. The van der Waals surface area contributed by atoms with Crippen molar-refractivity contribution in [2.24, 2.45) is 0 Å². The summed E-state index contributed by atoms with van der Waals surface area (Å²) >= 11 is 0. The van der Waals surface area contributed by atoms with Crippen LogP contribution in [0.2, 0.25) is 0 Å². The van der Waals surface area contributed by atoms with Gasteiger partial charge in [-0.2, -0.15) is 0 Å². The molecule has 0 aromatic carbocycles. The van der Waals surface area contributed by atoms with Crippen LogP contribution in [0.25, 0.3) is 0 Å². The summed E-state index contributed by atoms with van der Waals surface area (Å²) in [6.07, 6.45) is 95.0. The quantitative estimate of drug-likeness (QED) is 0.0261. The van der Waals surface area contributed by atoms with Crippen molar-refractivity contribution in [1.29, 1.82) is 0 Å². The Kier molecular flexibility index (Phi) is 64.8. The highest BCUT2D eigenvalue weighted by atomic mass is 16.6. The van der Waals surface area contributed by atoms with Gasteiger partial charge in [0.2, 0.25) is 0 Å². The van der Waals surface area contributed by atoms with Gasteiger partial charge in [0.05, 0.1) is 0 Å². The molecule has 0 bridgehead atoms. The maximum atomic E-state index is 13.0. The third-order valence-electron chi connectivity index (χ3n) is 14.4. The van der Waals surface area contributed by atoms with Crippen LogP contribution in [0.5, 0.6) is 0 Å². The van der Waals surface area contributed by atoms with Gasteiger partial charge in [0.25, 0.3) is 0 Å². The summed E-state index contributed by atoms with van der Waals surface area (Å²) in [6, 6.07) is 0. The van der Waals surface area contributed by atoms with Crippen molar-refractivity contribution < 1.29 is 28.6 Å². The molecule has 0 spiro atoms. The number of carbonyl (C=O) groups excluding carboxylic acids is 3. The molecule has 0 saturated carbocycles. The lowest BCUT2D eigenvalue weighted by Crippen LogP contribution is -2.30. The van der Waals surface area contributed by atoms with E-state index in [-0.39, 0.29) is 37.5 Å². The van der Waals surface area contributed by atoms with Gasteiger partial charge in [-0.3, -0.25) is 14.4 Å². The van der Waals surface area contributed by atoms with E-state index in [1.165, 1.54) is 167 Å². The Morgan fingerprint density at radius 2 is 0.494 bits per heavy atom. The molecule has 6 heteroatoms. The lowest BCUT2D eigenvalue weighted by molar-refractivity contribution is -0.167. The monoisotopic (exact) mass is 1120 g/mol. The third-order valence-corrected chi connectivity index (χ3v) is 14.4. The van der Waals surface area contributed by atoms with E-state index in [1.54, 1.807) is 0 Å². The molecule has 0 aromatic heterocycles. The molecule has 1 unspecified atom stereocenters. The highest BCUT2D eigenvalue weighted by molar-refractivity contribution is 5.71. The van der Waals surface area contributed by atoms with Crippen LogP contribution in [-0.4, -0.2) is 37.2 Å². The fourth-order valence-corrected chi connectivity index (χ4v) is 9.34. The molecule has 0 aromatic rings. The minimum Gasteiger partial charge on any atom is -0.462 e. The number of esters is 3. The molecule has 0 aliphatic carbocycles. The summed E-state index contributed by atoms with van der Waals surface area (Å²) < 4.78 is 16.9. The van der Waals surface area contributed by atoms with E-state index in [0.29, 0.717) is 19.3 Å². The molecule has 0 N–H and O–H groups in total. The van der Waals surface area contributed by atoms with E-state index in [9.17, 15) is 14.4 Å². The lowest BCUT2D eigenvalue weighted by Gasteiger charge is -2.18. The molecular weight excluding hydrogens is 997 g/mol. The second-order valence-electron chi connectivity index (χ2n) is 22.3. The van der Waals surface area contributed by atoms with Gasteiger partial charge in [-0.25, -0.2) is 0 Å². The molecule has 0 aliphatic heterocycles. The fourth-order valence-electron chi connectivity index (χ4n) is 9.34. The number of hydrogen-bond donors (Lipinski definition) is 0. The minimum atomic E-state index is -0.811. The number of hydrogen-bond acceptors (Lipinski definition) is 6. The summed E-state index contributed by atoms with van der Waals surface area (Å²) in [5.74, 6) is -0.963. The van der Waals surface area contributed by atoms with Gasteiger partial charge in [-0.15, -0.1) is 0 Å². The smallest absolute Gasteiger partial charge is 0.306 e. The number of carbonyl (C=O) groups is 3. The van der Waals surface area contributed by atoms with Crippen molar-refractivity contribution in [2.45, 2.75) is 322 Å². The molecule has 462 valence electrons. The Labute approximate surface area is 501 Å². The Balaban J connectivity index is 4.48. The van der Waals surface area contributed by atoms with Crippen LogP contribution in [0.3, 0.4) is 0 Å². The standard InChI is InChI=1S/C75H126O6/c1-4-7-10-13-16-19-22-25-28-31-33-35-37-39-41-44-47-50-53-56-59-62-65-68-74(77)80-71-72(70-79-73(76)67-64-61-58-55-52-49-46-43-30-27-24-21-18-15-12-9-6-3)81-75(78)69-66-63-60-57-54-51-48-45-42-40-38-36-34-32-29-26-23-20-17-14-11-8-5-2/h7,10,16,18-19,21,25,27-28,30,32-35,39,41,47,50,56,59,72H,4-6,8-9,11-15,17,20,22-24,26,29,31,36-38,40,42-46,48-49,51-55,57-58,60-71H2,1-3H3/b10-7-,19-16-,21-18-,28-25-,30-27-,34-32-,35-33-,41-39-,50-47-,59-56-. The largest absolute Gasteiger partial charge is 0.462 e. The molecule has 0 fully saturated rings. The van der Waals surface area contributed by atoms with Gasteiger partial charge in [-0.1, -0.05) is 290 Å². The van der Waals surface area contributed by atoms with Gasteiger partial charge in [0.15, 0.2) is 6.10 Å². The number of allylic oxidation sites excluding steroid dienone is 20. The molecule has 1 atom stereocenters. The van der Waals surface area contributed by atoms with Crippen LogP contribution in [0.1, 0.15) is 316 Å². The van der Waals surface area contributed by atoms with Crippen molar-refractivity contribution in [3.63, 3.8) is 0 Å². The van der Waals surface area contributed by atoms with E-state index >= 15 is 0 Å². The average Bonchev–Trinajstić information content (AvgIpc) is 3.47. The first-order valence-electron chi connectivity index (χ1n) is 34.0. The van der Waals surface area contributed by atoms with Gasteiger partial charge in [0, 0.05) is 19.3 Å². The van der Waals surface area contributed by atoms with Crippen molar-refractivity contribution in [3.8, 4) is 0 Å². The zero-order valence-corrected chi connectivity index (χ0v) is 53.0. The molecule has 0 aliphatic rings. The first kappa shape index (κ1) is 76.8. The zero-order valence-electron chi connectivity index (χ0n) is 53.0. The highest BCUT2D eigenvalue weighted by Gasteiger charge is 2.19. The normalized spacial score (nSPS) is 12.9. The number of ether oxygens (including phenoxy) is 3. The van der Waals surface area contributed by atoms with Crippen LogP contribution in [-0.2, 0) is 28.6 Å². The van der Waals surface area contributed by atoms with E-state index in [4.69, 9.17) is 14.2 Å².